The Balaban J connectivity index is 0.000000307. The Morgan fingerprint density at radius 2 is 0.766 bits per heavy atom. The maximum atomic E-state index is 10.6. The third kappa shape index (κ3) is 10.3. The maximum absolute atomic E-state index is 10.6. The summed E-state index contributed by atoms with van der Waals surface area (Å²) in [5.74, 6) is -0.106. The van der Waals surface area contributed by atoms with Crippen molar-refractivity contribution >= 4 is 11.9 Å². The SMILES string of the molecule is O.O.O=C([O-])CCc1nc(-c2ccccc2)c(-c2ccccc2)o1.O=C([O-])CCc1nc(-c2ccccc2)c(-c2ccccc2)o1.[Co+2]. The molecule has 0 aliphatic rings. The molecule has 0 spiro atoms. The predicted octanol–water partition coefficient (Wildman–Crippen LogP) is 3.73. The first kappa shape index (κ1) is 37.9. The molecule has 10 nitrogen and oxygen atoms in total. The van der Waals surface area contributed by atoms with Crippen molar-refractivity contribution in [2.24, 2.45) is 0 Å². The van der Waals surface area contributed by atoms with E-state index in [4.69, 9.17) is 8.83 Å². The molecule has 0 fully saturated rings. The van der Waals surface area contributed by atoms with Crippen LogP contribution in [0.3, 0.4) is 0 Å². The van der Waals surface area contributed by atoms with Crippen LogP contribution < -0.4 is 10.2 Å². The minimum absolute atomic E-state index is 0. The van der Waals surface area contributed by atoms with Gasteiger partial charge in [0.1, 0.15) is 11.4 Å². The van der Waals surface area contributed by atoms with Gasteiger partial charge in [-0.1, -0.05) is 121 Å². The van der Waals surface area contributed by atoms with Crippen molar-refractivity contribution in [1.82, 2.24) is 9.97 Å². The van der Waals surface area contributed by atoms with E-state index >= 15 is 0 Å². The number of hydrogen-bond donors (Lipinski definition) is 0. The van der Waals surface area contributed by atoms with E-state index in [1.54, 1.807) is 0 Å². The second-order valence-corrected chi connectivity index (χ2v) is 9.78. The third-order valence-electron chi connectivity index (χ3n) is 6.60. The molecule has 0 saturated carbocycles. The van der Waals surface area contributed by atoms with Gasteiger partial charge in [0.2, 0.25) is 0 Å². The van der Waals surface area contributed by atoms with Crippen LogP contribution in [0.4, 0.5) is 0 Å². The number of carboxylic acids is 2. The zero-order chi connectivity index (χ0) is 30.7. The molecule has 0 aliphatic carbocycles. The third-order valence-corrected chi connectivity index (χ3v) is 6.60. The summed E-state index contributed by atoms with van der Waals surface area (Å²) in [7, 11) is 0. The van der Waals surface area contributed by atoms with Gasteiger partial charge in [-0.3, -0.25) is 0 Å². The van der Waals surface area contributed by atoms with Crippen molar-refractivity contribution in [3.63, 3.8) is 0 Å². The Morgan fingerprint density at radius 3 is 1.04 bits per heavy atom. The molecule has 4 N–H and O–H groups in total. The van der Waals surface area contributed by atoms with E-state index in [2.05, 4.69) is 9.97 Å². The molecule has 6 rings (SSSR count). The van der Waals surface area contributed by atoms with Crippen LogP contribution in [0.5, 0.6) is 0 Å². The summed E-state index contributed by atoms with van der Waals surface area (Å²) in [6.45, 7) is 0. The largest absolute Gasteiger partial charge is 2.00 e. The van der Waals surface area contributed by atoms with Gasteiger partial charge in [0.15, 0.2) is 23.3 Å². The van der Waals surface area contributed by atoms with Crippen LogP contribution in [0.15, 0.2) is 130 Å². The second-order valence-electron chi connectivity index (χ2n) is 9.78. The van der Waals surface area contributed by atoms with Gasteiger partial charge in [-0.25, -0.2) is 9.97 Å². The van der Waals surface area contributed by atoms with Crippen LogP contribution in [0.2, 0.25) is 0 Å². The Morgan fingerprint density at radius 1 is 0.489 bits per heavy atom. The van der Waals surface area contributed by atoms with E-state index in [0.29, 0.717) is 23.3 Å². The normalized spacial score (nSPS) is 9.87. The number of nitrogens with zero attached hydrogens (tertiary/aromatic N) is 2. The first-order valence-electron chi connectivity index (χ1n) is 14.1. The Hall–Kier alpha value is -5.33. The van der Waals surface area contributed by atoms with Crippen molar-refractivity contribution in [2.45, 2.75) is 25.7 Å². The van der Waals surface area contributed by atoms with Crippen molar-refractivity contribution in [3.05, 3.63) is 133 Å². The molecule has 0 bridgehead atoms. The Bertz CT molecular complexity index is 1560. The first-order valence-corrected chi connectivity index (χ1v) is 14.1. The van der Waals surface area contributed by atoms with Crippen molar-refractivity contribution < 1.29 is 56.4 Å². The van der Waals surface area contributed by atoms with E-state index < -0.39 is 11.9 Å². The zero-order valence-corrected chi connectivity index (χ0v) is 26.1. The standard InChI is InChI=1S/2C18H15NO3.Co.2H2O/c2*20-16(21)12-11-15-19-17(13-7-3-1-4-8-13)18(22-15)14-9-5-2-6-10-14;;;/h2*1-10H,11-12H2,(H,20,21);;2*1H2/q;;+2;;/p-2. The summed E-state index contributed by atoms with van der Waals surface area (Å²) in [6.07, 6.45) is 0.218. The molecule has 0 atom stereocenters. The van der Waals surface area contributed by atoms with Gasteiger partial charge in [-0.15, -0.1) is 0 Å². The number of carbonyl (C=O) groups is 2. The molecular formula is C36H32CoN2O8. The number of carboxylic acid groups (broad SMARTS) is 2. The van der Waals surface area contributed by atoms with Crippen molar-refractivity contribution in [3.8, 4) is 45.2 Å². The van der Waals surface area contributed by atoms with Crippen LogP contribution in [-0.2, 0) is 39.2 Å². The van der Waals surface area contributed by atoms with Gasteiger partial charge < -0.3 is 39.6 Å². The fourth-order valence-corrected chi connectivity index (χ4v) is 4.51. The number of aromatic nitrogens is 2. The molecule has 0 saturated heterocycles. The Labute approximate surface area is 281 Å². The molecule has 2 heterocycles. The van der Waals surface area contributed by atoms with E-state index in [9.17, 15) is 19.8 Å². The number of carbonyl (C=O) groups excluding carboxylic acids is 2. The molecule has 0 aliphatic heterocycles. The topological polar surface area (TPSA) is 195 Å². The molecule has 4 aromatic carbocycles. The van der Waals surface area contributed by atoms with Gasteiger partial charge >= 0.3 is 16.8 Å². The van der Waals surface area contributed by atoms with Crippen LogP contribution in [0.1, 0.15) is 24.6 Å². The van der Waals surface area contributed by atoms with E-state index in [-0.39, 0.29) is 53.4 Å². The molecule has 0 amide bonds. The van der Waals surface area contributed by atoms with Gasteiger partial charge in [0.25, 0.3) is 0 Å². The molecule has 11 heteroatoms. The van der Waals surface area contributed by atoms with Crippen LogP contribution in [-0.4, -0.2) is 32.9 Å². The van der Waals surface area contributed by atoms with Crippen LogP contribution in [0, 0.1) is 0 Å². The molecule has 6 aromatic rings. The van der Waals surface area contributed by atoms with Gasteiger partial charge in [0, 0.05) is 47.0 Å². The minimum Gasteiger partial charge on any atom is -0.550 e. The zero-order valence-electron chi connectivity index (χ0n) is 25.1. The molecule has 2 aromatic heterocycles. The summed E-state index contributed by atoms with van der Waals surface area (Å²) < 4.78 is 11.6. The van der Waals surface area contributed by atoms with Gasteiger partial charge in [0.05, 0.1) is 0 Å². The smallest absolute Gasteiger partial charge is 0.550 e. The van der Waals surface area contributed by atoms with Gasteiger partial charge in [-0.05, 0) is 12.8 Å². The van der Waals surface area contributed by atoms with E-state index in [1.165, 1.54) is 0 Å². The van der Waals surface area contributed by atoms with Crippen LogP contribution >= 0.6 is 0 Å². The van der Waals surface area contributed by atoms with E-state index in [0.717, 1.165) is 33.6 Å². The number of aryl methyl sites for hydroxylation is 2. The summed E-state index contributed by atoms with van der Waals surface area (Å²) in [5.41, 5.74) is 5.14. The summed E-state index contributed by atoms with van der Waals surface area (Å²) >= 11 is 0. The summed E-state index contributed by atoms with van der Waals surface area (Å²) in [5, 5.41) is 21.2. The number of aliphatic carboxylic acids is 2. The predicted molar refractivity (Wildman–Crippen MR) is 169 cm³/mol. The molecule has 0 unspecified atom stereocenters. The fraction of sp³-hybridized carbons (Fsp3) is 0.111. The molecule has 243 valence electrons. The van der Waals surface area contributed by atoms with Crippen LogP contribution in [0.25, 0.3) is 45.2 Å². The summed E-state index contributed by atoms with van der Waals surface area (Å²) in [4.78, 5) is 30.2. The minimum atomic E-state index is -1.11. The average Bonchev–Trinajstić information content (AvgIpc) is 3.70. The Kier molecular flexibility index (Phi) is 15.0. The molecular weight excluding hydrogens is 647 g/mol. The maximum Gasteiger partial charge on any atom is 2.00 e. The first-order chi connectivity index (χ1) is 21.5. The second kappa shape index (κ2) is 18.6. The van der Waals surface area contributed by atoms with Crippen molar-refractivity contribution in [2.75, 3.05) is 0 Å². The van der Waals surface area contributed by atoms with Crippen molar-refractivity contribution in [1.29, 1.82) is 0 Å². The average molecular weight is 680 g/mol. The number of hydrogen-bond acceptors (Lipinski definition) is 8. The van der Waals surface area contributed by atoms with E-state index in [1.807, 2.05) is 121 Å². The fourth-order valence-electron chi connectivity index (χ4n) is 4.51. The number of oxazole rings is 2. The molecule has 1 radical (unpaired) electrons. The number of benzene rings is 4. The monoisotopic (exact) mass is 679 g/mol. The quantitative estimate of drug-likeness (QED) is 0.209. The number of rotatable bonds is 10. The summed E-state index contributed by atoms with van der Waals surface area (Å²) in [6, 6.07) is 38.7. The van der Waals surface area contributed by atoms with Gasteiger partial charge in [-0.2, -0.15) is 0 Å². The molecule has 47 heavy (non-hydrogen) atoms.